The lowest BCUT2D eigenvalue weighted by atomic mass is 10.1. The van der Waals surface area contributed by atoms with Gasteiger partial charge in [-0.3, -0.25) is 33.3 Å². The first-order valence-corrected chi connectivity index (χ1v) is 12.4. The Balaban J connectivity index is 1.44. The molecule has 1 aromatic carbocycles. The van der Waals surface area contributed by atoms with Crippen LogP contribution < -0.4 is 17.0 Å². The molecule has 0 radical (unpaired) electrons. The summed E-state index contributed by atoms with van der Waals surface area (Å²) < 4.78 is 7.67. The van der Waals surface area contributed by atoms with Crippen LogP contribution in [0.2, 0.25) is 0 Å². The molecule has 11 heteroatoms. The zero-order valence-electron chi connectivity index (χ0n) is 20.7. The summed E-state index contributed by atoms with van der Waals surface area (Å²) >= 11 is 0. The van der Waals surface area contributed by atoms with Crippen molar-refractivity contribution in [2.24, 2.45) is 0 Å². The van der Waals surface area contributed by atoms with Crippen LogP contribution in [0, 0.1) is 0 Å². The van der Waals surface area contributed by atoms with E-state index in [0.717, 1.165) is 23.2 Å². The van der Waals surface area contributed by atoms with Gasteiger partial charge in [-0.1, -0.05) is 30.3 Å². The van der Waals surface area contributed by atoms with Crippen molar-refractivity contribution in [3.8, 4) is 0 Å². The summed E-state index contributed by atoms with van der Waals surface area (Å²) in [6, 6.07) is 9.28. The van der Waals surface area contributed by atoms with Gasteiger partial charge in [0.15, 0.2) is 5.78 Å². The van der Waals surface area contributed by atoms with Gasteiger partial charge in [0.2, 0.25) is 5.91 Å². The number of anilines is 1. The van der Waals surface area contributed by atoms with Crippen molar-refractivity contribution < 1.29 is 14.3 Å². The van der Waals surface area contributed by atoms with Crippen LogP contribution in [-0.4, -0.2) is 101 Å². The first kappa shape index (κ1) is 25.8. The topological polar surface area (TPSA) is 123 Å². The van der Waals surface area contributed by atoms with E-state index in [2.05, 4.69) is 4.90 Å². The lowest BCUT2D eigenvalue weighted by Gasteiger charge is -2.36. The summed E-state index contributed by atoms with van der Waals surface area (Å²) in [5.74, 6) is -0.455. The van der Waals surface area contributed by atoms with Crippen LogP contribution in [-0.2, 0) is 22.6 Å². The zero-order valence-corrected chi connectivity index (χ0v) is 20.7. The third-order valence-corrected chi connectivity index (χ3v) is 6.80. The number of piperazine rings is 1. The molecule has 0 spiro atoms. The first-order valence-electron chi connectivity index (χ1n) is 12.4. The maximum absolute atomic E-state index is 13.3. The second kappa shape index (κ2) is 11.6. The number of ether oxygens (including phenoxy) is 1. The van der Waals surface area contributed by atoms with Gasteiger partial charge in [-0.25, -0.2) is 4.79 Å². The van der Waals surface area contributed by atoms with Gasteiger partial charge in [-0.2, -0.15) is 0 Å². The third-order valence-electron chi connectivity index (χ3n) is 6.80. The van der Waals surface area contributed by atoms with Gasteiger partial charge in [0.05, 0.1) is 32.8 Å². The van der Waals surface area contributed by atoms with Crippen LogP contribution in [0.5, 0.6) is 0 Å². The molecule has 2 fully saturated rings. The number of nitrogens with two attached hydrogens (primary N) is 1. The molecule has 0 atom stereocenters. The van der Waals surface area contributed by atoms with Crippen molar-refractivity contribution in [3.63, 3.8) is 0 Å². The van der Waals surface area contributed by atoms with Gasteiger partial charge >= 0.3 is 5.69 Å². The number of morpholine rings is 1. The van der Waals surface area contributed by atoms with E-state index in [1.165, 1.54) is 4.57 Å². The number of carbonyl (C=O) groups excluding carboxylic acids is 2. The van der Waals surface area contributed by atoms with Crippen molar-refractivity contribution in [3.05, 3.63) is 62.3 Å². The smallest absolute Gasteiger partial charge is 0.332 e. The molecule has 3 heterocycles. The molecule has 11 nitrogen and oxygen atoms in total. The van der Waals surface area contributed by atoms with Crippen LogP contribution in [0.1, 0.15) is 22.8 Å². The molecule has 2 N–H and O–H groups in total. The second-order valence-electron chi connectivity index (χ2n) is 9.13. The van der Waals surface area contributed by atoms with Crippen LogP contribution in [0.25, 0.3) is 0 Å². The molecule has 0 saturated carbocycles. The van der Waals surface area contributed by atoms with E-state index in [0.29, 0.717) is 45.9 Å². The van der Waals surface area contributed by atoms with Crippen molar-refractivity contribution in [2.45, 2.75) is 20.0 Å². The third kappa shape index (κ3) is 5.75. The molecule has 4 rings (SSSR count). The van der Waals surface area contributed by atoms with Gasteiger partial charge < -0.3 is 15.4 Å². The molecule has 36 heavy (non-hydrogen) atoms. The number of rotatable bonds is 8. The predicted octanol–water partition coefficient (Wildman–Crippen LogP) is -0.680. The number of Topliss-reactive ketones (excluding diaryl/α,β-unsaturated/α-hetero) is 1. The monoisotopic (exact) mass is 498 g/mol. The van der Waals surface area contributed by atoms with Gasteiger partial charge in [0.25, 0.3) is 5.56 Å². The average molecular weight is 499 g/mol. The lowest BCUT2D eigenvalue weighted by molar-refractivity contribution is -0.135. The van der Waals surface area contributed by atoms with Gasteiger partial charge in [0.1, 0.15) is 11.4 Å². The summed E-state index contributed by atoms with van der Waals surface area (Å²) in [4.78, 5) is 57.7. The molecule has 1 aromatic heterocycles. The minimum Gasteiger partial charge on any atom is -0.384 e. The Kier molecular flexibility index (Phi) is 8.34. The van der Waals surface area contributed by atoms with Gasteiger partial charge in [-0.15, -0.1) is 0 Å². The maximum Gasteiger partial charge on any atom is 0.332 e. The molecule has 2 aliphatic rings. The fraction of sp³-hybridized carbons (Fsp3) is 0.520. The van der Waals surface area contributed by atoms with Crippen molar-refractivity contribution in [2.75, 3.05) is 71.3 Å². The average Bonchev–Trinajstić information content (AvgIpc) is 2.88. The van der Waals surface area contributed by atoms with E-state index in [1.807, 2.05) is 40.1 Å². The fourth-order valence-electron chi connectivity index (χ4n) is 4.66. The molecule has 2 aliphatic heterocycles. The van der Waals surface area contributed by atoms with E-state index in [-0.39, 0.29) is 36.9 Å². The summed E-state index contributed by atoms with van der Waals surface area (Å²) in [7, 11) is 0. The summed E-state index contributed by atoms with van der Waals surface area (Å²) in [5.41, 5.74) is 5.75. The largest absolute Gasteiger partial charge is 0.384 e. The zero-order chi connectivity index (χ0) is 25.7. The van der Waals surface area contributed by atoms with E-state index in [1.54, 1.807) is 6.92 Å². The minimum atomic E-state index is -0.659. The number of benzene rings is 1. The molecule has 2 aromatic rings. The highest BCUT2D eigenvalue weighted by atomic mass is 16.5. The molecule has 0 unspecified atom stereocenters. The first-order chi connectivity index (χ1) is 17.4. The number of nitrogens with zero attached hydrogens (tertiary/aromatic N) is 5. The van der Waals surface area contributed by atoms with E-state index < -0.39 is 17.0 Å². The Bertz CT molecular complexity index is 1190. The standard InChI is InChI=1S/C25H34N6O5/c1-2-30-24(34)22(23(26)31(25(30)35)16-19-6-4-3-5-7-19)20(32)17-27-8-10-29(11-9-27)21(33)18-28-12-14-36-15-13-28/h3-7H,2,8-18,26H2,1H3. The molecule has 0 bridgehead atoms. The number of ketones is 1. The van der Waals surface area contributed by atoms with E-state index >= 15 is 0 Å². The molecular formula is C25H34N6O5. The fourth-order valence-corrected chi connectivity index (χ4v) is 4.66. The number of amides is 1. The highest BCUT2D eigenvalue weighted by molar-refractivity contribution is 6.01. The Morgan fingerprint density at radius 3 is 2.17 bits per heavy atom. The molecule has 0 aliphatic carbocycles. The summed E-state index contributed by atoms with van der Waals surface area (Å²) in [6.07, 6.45) is 0. The van der Waals surface area contributed by atoms with Crippen LogP contribution >= 0.6 is 0 Å². The Hall–Kier alpha value is -3.28. The number of aromatic nitrogens is 2. The quantitative estimate of drug-likeness (QED) is 0.475. The maximum atomic E-state index is 13.3. The molecular weight excluding hydrogens is 464 g/mol. The number of hydrogen-bond donors (Lipinski definition) is 1. The Morgan fingerprint density at radius 2 is 1.53 bits per heavy atom. The molecule has 2 saturated heterocycles. The minimum absolute atomic E-state index is 0.00180. The van der Waals surface area contributed by atoms with Crippen LogP contribution in [0.4, 0.5) is 5.82 Å². The summed E-state index contributed by atoms with van der Waals surface area (Å²) in [5, 5.41) is 0. The number of nitrogen functional groups attached to an aromatic ring is 1. The Morgan fingerprint density at radius 1 is 0.889 bits per heavy atom. The van der Waals surface area contributed by atoms with Crippen LogP contribution in [0.15, 0.2) is 39.9 Å². The normalized spacial score (nSPS) is 17.3. The SMILES string of the molecule is CCn1c(=O)c(C(=O)CN2CCN(C(=O)CN3CCOCC3)CC2)c(N)n(Cc2ccccc2)c1=O. The van der Waals surface area contributed by atoms with Gasteiger partial charge in [0, 0.05) is 45.8 Å². The number of carbonyl (C=O) groups is 2. The highest BCUT2D eigenvalue weighted by Gasteiger charge is 2.27. The van der Waals surface area contributed by atoms with Gasteiger partial charge in [-0.05, 0) is 12.5 Å². The predicted molar refractivity (Wildman–Crippen MR) is 135 cm³/mol. The highest BCUT2D eigenvalue weighted by Crippen LogP contribution is 2.12. The lowest BCUT2D eigenvalue weighted by Crippen LogP contribution is -2.53. The summed E-state index contributed by atoms with van der Waals surface area (Å²) in [6.45, 7) is 7.22. The number of hydrogen-bond acceptors (Lipinski definition) is 8. The van der Waals surface area contributed by atoms with Crippen molar-refractivity contribution >= 4 is 17.5 Å². The van der Waals surface area contributed by atoms with Crippen LogP contribution in [0.3, 0.4) is 0 Å². The molecule has 194 valence electrons. The van der Waals surface area contributed by atoms with E-state index in [9.17, 15) is 19.2 Å². The van der Waals surface area contributed by atoms with Crippen molar-refractivity contribution in [1.82, 2.24) is 23.8 Å². The molecule has 1 amide bonds. The Labute approximate surface area is 209 Å². The van der Waals surface area contributed by atoms with E-state index in [4.69, 9.17) is 10.5 Å². The van der Waals surface area contributed by atoms with Crippen molar-refractivity contribution in [1.29, 1.82) is 0 Å². The second-order valence-corrected chi connectivity index (χ2v) is 9.13.